The summed E-state index contributed by atoms with van der Waals surface area (Å²) >= 11 is 0. The minimum atomic E-state index is -0.260. The molecule has 1 fully saturated rings. The van der Waals surface area contributed by atoms with E-state index in [9.17, 15) is 5.11 Å². The molecule has 0 radical (unpaired) electrons. The van der Waals surface area contributed by atoms with E-state index in [2.05, 4.69) is 4.98 Å². The predicted octanol–water partition coefficient (Wildman–Crippen LogP) is 1.79. The van der Waals surface area contributed by atoms with Gasteiger partial charge in [0.25, 0.3) is 6.01 Å². The second-order valence-corrected chi connectivity index (χ2v) is 4.21. The van der Waals surface area contributed by atoms with Crippen molar-refractivity contribution in [2.24, 2.45) is 0 Å². The van der Waals surface area contributed by atoms with Gasteiger partial charge in [0.1, 0.15) is 5.52 Å². The number of fused-ring (bicyclic) bond motifs is 1. The Morgan fingerprint density at radius 3 is 3.06 bits per heavy atom. The molecule has 0 spiro atoms. The molecule has 1 N–H and O–H groups in total. The summed E-state index contributed by atoms with van der Waals surface area (Å²) in [5, 5.41) is 9.60. The van der Waals surface area contributed by atoms with E-state index in [0.717, 1.165) is 30.5 Å². The Morgan fingerprint density at radius 2 is 2.25 bits per heavy atom. The number of piperidine rings is 1. The number of rotatable bonds is 1. The quantitative estimate of drug-likeness (QED) is 0.792. The van der Waals surface area contributed by atoms with Crippen LogP contribution in [0.1, 0.15) is 12.8 Å². The number of benzene rings is 1. The van der Waals surface area contributed by atoms with Gasteiger partial charge in [0.15, 0.2) is 5.58 Å². The number of para-hydroxylation sites is 2. The van der Waals surface area contributed by atoms with Gasteiger partial charge < -0.3 is 14.4 Å². The molecule has 1 aliphatic heterocycles. The van der Waals surface area contributed by atoms with Crippen LogP contribution in [0.2, 0.25) is 0 Å². The van der Waals surface area contributed by atoms with E-state index in [1.807, 2.05) is 29.2 Å². The largest absolute Gasteiger partial charge is 0.423 e. The number of hydrogen-bond donors (Lipinski definition) is 1. The molecule has 1 aromatic carbocycles. The van der Waals surface area contributed by atoms with Crippen LogP contribution in [0.4, 0.5) is 6.01 Å². The van der Waals surface area contributed by atoms with Crippen molar-refractivity contribution in [3.05, 3.63) is 24.3 Å². The van der Waals surface area contributed by atoms with Crippen molar-refractivity contribution in [1.82, 2.24) is 4.98 Å². The van der Waals surface area contributed by atoms with Crippen LogP contribution in [-0.2, 0) is 0 Å². The zero-order chi connectivity index (χ0) is 11.0. The van der Waals surface area contributed by atoms with Gasteiger partial charge >= 0.3 is 0 Å². The SMILES string of the molecule is O[C@H]1CCCN(c2nc3ccccc3o2)C1. The van der Waals surface area contributed by atoms with E-state index in [0.29, 0.717) is 12.6 Å². The number of oxazole rings is 1. The first-order valence-electron chi connectivity index (χ1n) is 5.61. The van der Waals surface area contributed by atoms with Crippen molar-refractivity contribution < 1.29 is 9.52 Å². The molecule has 84 valence electrons. The molecule has 1 aliphatic rings. The minimum Gasteiger partial charge on any atom is -0.423 e. The Hall–Kier alpha value is -1.55. The highest BCUT2D eigenvalue weighted by Gasteiger charge is 2.21. The minimum absolute atomic E-state index is 0.260. The van der Waals surface area contributed by atoms with Crippen LogP contribution in [0.5, 0.6) is 0 Å². The predicted molar refractivity (Wildman–Crippen MR) is 61.5 cm³/mol. The second kappa shape index (κ2) is 3.79. The monoisotopic (exact) mass is 218 g/mol. The first kappa shape index (κ1) is 9.66. The first-order chi connectivity index (χ1) is 7.83. The number of aliphatic hydroxyl groups is 1. The number of β-amino-alcohol motifs (C(OH)–C–C–N with tert-alkyl or cyclic N) is 1. The molecule has 2 aromatic rings. The third-order valence-electron chi connectivity index (χ3n) is 2.95. The van der Waals surface area contributed by atoms with Crippen molar-refractivity contribution in [3.8, 4) is 0 Å². The zero-order valence-electron chi connectivity index (χ0n) is 8.97. The number of aliphatic hydroxyl groups excluding tert-OH is 1. The van der Waals surface area contributed by atoms with Crippen LogP contribution in [0.25, 0.3) is 11.1 Å². The zero-order valence-corrected chi connectivity index (χ0v) is 8.97. The highest BCUT2D eigenvalue weighted by atomic mass is 16.4. The topological polar surface area (TPSA) is 49.5 Å². The standard InChI is InChI=1S/C12H14N2O2/c15-9-4-3-7-14(8-9)12-13-10-5-1-2-6-11(10)16-12/h1-2,5-6,9,15H,3-4,7-8H2/t9-/m0/s1. The fraction of sp³-hybridized carbons (Fsp3) is 0.417. The molecule has 1 saturated heterocycles. The molecular weight excluding hydrogens is 204 g/mol. The maximum Gasteiger partial charge on any atom is 0.298 e. The number of aromatic nitrogens is 1. The second-order valence-electron chi connectivity index (χ2n) is 4.21. The van der Waals surface area contributed by atoms with Crippen LogP contribution in [0.3, 0.4) is 0 Å². The number of nitrogens with zero attached hydrogens (tertiary/aromatic N) is 2. The van der Waals surface area contributed by atoms with Crippen LogP contribution in [-0.4, -0.2) is 29.3 Å². The Labute approximate surface area is 93.5 Å². The molecule has 0 unspecified atom stereocenters. The van der Waals surface area contributed by atoms with Crippen molar-refractivity contribution >= 4 is 17.1 Å². The van der Waals surface area contributed by atoms with Gasteiger partial charge in [-0.15, -0.1) is 0 Å². The average molecular weight is 218 g/mol. The number of anilines is 1. The third kappa shape index (κ3) is 1.65. The molecule has 0 amide bonds. The normalized spacial score (nSPS) is 21.6. The summed E-state index contributed by atoms with van der Waals surface area (Å²) in [4.78, 5) is 6.43. The smallest absolute Gasteiger partial charge is 0.298 e. The first-order valence-corrected chi connectivity index (χ1v) is 5.61. The molecule has 1 aromatic heterocycles. The third-order valence-corrected chi connectivity index (χ3v) is 2.95. The van der Waals surface area contributed by atoms with Gasteiger partial charge in [0.2, 0.25) is 0 Å². The van der Waals surface area contributed by atoms with E-state index in [1.54, 1.807) is 0 Å². The summed E-state index contributed by atoms with van der Waals surface area (Å²) in [5.41, 5.74) is 1.68. The molecule has 16 heavy (non-hydrogen) atoms. The van der Waals surface area contributed by atoms with Crippen LogP contribution < -0.4 is 4.90 Å². The molecule has 4 heteroatoms. The summed E-state index contributed by atoms with van der Waals surface area (Å²) < 4.78 is 5.66. The van der Waals surface area contributed by atoms with Crippen molar-refractivity contribution in [2.45, 2.75) is 18.9 Å². The van der Waals surface area contributed by atoms with Crippen molar-refractivity contribution in [3.63, 3.8) is 0 Å². The molecular formula is C12H14N2O2. The maximum absolute atomic E-state index is 9.60. The fourth-order valence-corrected chi connectivity index (χ4v) is 2.12. The summed E-state index contributed by atoms with van der Waals surface area (Å²) in [6, 6.07) is 8.34. The Bertz CT molecular complexity index is 461. The van der Waals surface area contributed by atoms with E-state index in [-0.39, 0.29) is 6.10 Å². The van der Waals surface area contributed by atoms with Crippen LogP contribution in [0, 0.1) is 0 Å². The van der Waals surface area contributed by atoms with Gasteiger partial charge in [0, 0.05) is 13.1 Å². The fourth-order valence-electron chi connectivity index (χ4n) is 2.12. The molecule has 1 atom stereocenters. The Morgan fingerprint density at radius 1 is 1.38 bits per heavy atom. The highest BCUT2D eigenvalue weighted by Crippen LogP contribution is 2.24. The Balaban J connectivity index is 1.93. The summed E-state index contributed by atoms with van der Waals surface area (Å²) in [7, 11) is 0. The van der Waals surface area contributed by atoms with Gasteiger partial charge in [-0.25, -0.2) is 0 Å². The molecule has 0 aliphatic carbocycles. The van der Waals surface area contributed by atoms with Crippen LogP contribution >= 0.6 is 0 Å². The summed E-state index contributed by atoms with van der Waals surface area (Å²) in [5.74, 6) is 0. The summed E-state index contributed by atoms with van der Waals surface area (Å²) in [6.45, 7) is 1.52. The molecule has 0 saturated carbocycles. The Kier molecular flexibility index (Phi) is 2.29. The lowest BCUT2D eigenvalue weighted by Gasteiger charge is -2.28. The van der Waals surface area contributed by atoms with Gasteiger partial charge in [-0.3, -0.25) is 0 Å². The maximum atomic E-state index is 9.60. The highest BCUT2D eigenvalue weighted by molar-refractivity contribution is 5.74. The van der Waals surface area contributed by atoms with Gasteiger partial charge in [-0.2, -0.15) is 4.98 Å². The van der Waals surface area contributed by atoms with Gasteiger partial charge in [-0.05, 0) is 25.0 Å². The molecule has 3 rings (SSSR count). The molecule has 4 nitrogen and oxygen atoms in total. The lowest BCUT2D eigenvalue weighted by molar-refractivity contribution is 0.152. The van der Waals surface area contributed by atoms with Gasteiger partial charge in [0.05, 0.1) is 6.10 Å². The lowest BCUT2D eigenvalue weighted by atomic mass is 10.1. The average Bonchev–Trinajstić information content (AvgIpc) is 2.72. The van der Waals surface area contributed by atoms with E-state index in [4.69, 9.17) is 4.42 Å². The van der Waals surface area contributed by atoms with E-state index < -0.39 is 0 Å². The van der Waals surface area contributed by atoms with Crippen LogP contribution in [0.15, 0.2) is 28.7 Å². The van der Waals surface area contributed by atoms with Gasteiger partial charge in [-0.1, -0.05) is 12.1 Å². The number of hydrogen-bond acceptors (Lipinski definition) is 4. The van der Waals surface area contributed by atoms with E-state index >= 15 is 0 Å². The van der Waals surface area contributed by atoms with Crippen molar-refractivity contribution in [2.75, 3.05) is 18.0 Å². The molecule has 2 heterocycles. The summed E-state index contributed by atoms with van der Waals surface area (Å²) in [6.07, 6.45) is 1.60. The lowest BCUT2D eigenvalue weighted by Crippen LogP contribution is -2.38. The van der Waals surface area contributed by atoms with Crippen molar-refractivity contribution in [1.29, 1.82) is 0 Å². The van der Waals surface area contributed by atoms with E-state index in [1.165, 1.54) is 0 Å². The molecule has 0 bridgehead atoms.